The zero-order chi connectivity index (χ0) is 11.7. The summed E-state index contributed by atoms with van der Waals surface area (Å²) in [5, 5.41) is 1.16. The van der Waals surface area contributed by atoms with Crippen LogP contribution in [0.25, 0.3) is 10.9 Å². The number of benzene rings is 1. The standard InChI is InChI=1S/C13H13BrN2O/c14-11-3-1-2-10-12(15-8-16-13(10)11)9-4-6-17-7-5-9/h1-3,8-9H,4-7H2. The Labute approximate surface area is 108 Å². The van der Waals surface area contributed by atoms with Crippen molar-refractivity contribution in [3.8, 4) is 0 Å². The maximum Gasteiger partial charge on any atom is 0.116 e. The molecule has 17 heavy (non-hydrogen) atoms. The summed E-state index contributed by atoms with van der Waals surface area (Å²) in [4.78, 5) is 8.83. The first-order valence-corrected chi connectivity index (χ1v) is 6.62. The largest absolute Gasteiger partial charge is 0.381 e. The molecule has 0 N–H and O–H groups in total. The number of fused-ring (bicyclic) bond motifs is 1. The molecule has 0 amide bonds. The predicted octanol–water partition coefficient (Wildman–Crippen LogP) is 3.29. The van der Waals surface area contributed by atoms with Gasteiger partial charge in [0.15, 0.2) is 0 Å². The van der Waals surface area contributed by atoms with Crippen molar-refractivity contribution in [1.82, 2.24) is 9.97 Å². The van der Waals surface area contributed by atoms with Gasteiger partial charge in [-0.05, 0) is 34.8 Å². The number of hydrogen-bond acceptors (Lipinski definition) is 3. The normalized spacial score (nSPS) is 17.5. The molecule has 0 atom stereocenters. The summed E-state index contributed by atoms with van der Waals surface area (Å²) in [6.07, 6.45) is 3.77. The molecule has 1 aromatic carbocycles. The van der Waals surface area contributed by atoms with E-state index in [1.54, 1.807) is 6.33 Å². The molecule has 0 aliphatic carbocycles. The summed E-state index contributed by atoms with van der Waals surface area (Å²) >= 11 is 3.54. The number of aromatic nitrogens is 2. The van der Waals surface area contributed by atoms with Crippen LogP contribution in [0.15, 0.2) is 29.0 Å². The lowest BCUT2D eigenvalue weighted by atomic mass is 9.93. The van der Waals surface area contributed by atoms with Gasteiger partial charge in [-0.3, -0.25) is 0 Å². The van der Waals surface area contributed by atoms with Gasteiger partial charge in [-0.25, -0.2) is 9.97 Å². The van der Waals surface area contributed by atoms with E-state index in [-0.39, 0.29) is 0 Å². The number of halogens is 1. The Hall–Kier alpha value is -1.00. The van der Waals surface area contributed by atoms with Crippen LogP contribution in [0.5, 0.6) is 0 Å². The highest BCUT2D eigenvalue weighted by Gasteiger charge is 2.19. The summed E-state index contributed by atoms with van der Waals surface area (Å²) in [5.41, 5.74) is 2.17. The van der Waals surface area contributed by atoms with Crippen molar-refractivity contribution in [2.75, 3.05) is 13.2 Å². The summed E-state index contributed by atoms with van der Waals surface area (Å²) in [6, 6.07) is 6.16. The van der Waals surface area contributed by atoms with Gasteiger partial charge in [0, 0.05) is 29.0 Å². The van der Waals surface area contributed by atoms with Crippen LogP contribution in [0.4, 0.5) is 0 Å². The molecule has 0 radical (unpaired) electrons. The Bertz CT molecular complexity index is 538. The number of nitrogens with zero attached hydrogens (tertiary/aromatic N) is 2. The predicted molar refractivity (Wildman–Crippen MR) is 70.0 cm³/mol. The maximum absolute atomic E-state index is 5.40. The van der Waals surface area contributed by atoms with Gasteiger partial charge in [0.25, 0.3) is 0 Å². The smallest absolute Gasteiger partial charge is 0.116 e. The average molecular weight is 293 g/mol. The molecule has 1 aliphatic rings. The van der Waals surface area contributed by atoms with E-state index in [0.717, 1.165) is 41.4 Å². The van der Waals surface area contributed by atoms with E-state index in [0.29, 0.717) is 5.92 Å². The monoisotopic (exact) mass is 292 g/mol. The third kappa shape index (κ3) is 2.07. The zero-order valence-corrected chi connectivity index (χ0v) is 11.0. The van der Waals surface area contributed by atoms with Crippen molar-refractivity contribution in [2.45, 2.75) is 18.8 Å². The van der Waals surface area contributed by atoms with Gasteiger partial charge in [-0.1, -0.05) is 12.1 Å². The van der Waals surface area contributed by atoms with Gasteiger partial charge in [-0.2, -0.15) is 0 Å². The van der Waals surface area contributed by atoms with Crippen LogP contribution in [0.3, 0.4) is 0 Å². The molecule has 3 rings (SSSR count). The van der Waals surface area contributed by atoms with E-state index in [2.05, 4.69) is 32.0 Å². The zero-order valence-electron chi connectivity index (χ0n) is 9.40. The highest BCUT2D eigenvalue weighted by atomic mass is 79.9. The average Bonchev–Trinajstić information content (AvgIpc) is 2.40. The molecule has 0 spiro atoms. The van der Waals surface area contributed by atoms with Gasteiger partial charge in [0.2, 0.25) is 0 Å². The highest BCUT2D eigenvalue weighted by Crippen LogP contribution is 2.32. The Morgan fingerprint density at radius 3 is 2.82 bits per heavy atom. The van der Waals surface area contributed by atoms with Gasteiger partial charge < -0.3 is 4.74 Å². The lowest BCUT2D eigenvalue weighted by Gasteiger charge is -2.22. The molecule has 4 heteroatoms. The van der Waals surface area contributed by atoms with Crippen LogP contribution in [-0.4, -0.2) is 23.2 Å². The van der Waals surface area contributed by atoms with E-state index in [4.69, 9.17) is 4.74 Å². The number of rotatable bonds is 1. The molecule has 1 aliphatic heterocycles. The van der Waals surface area contributed by atoms with Gasteiger partial charge >= 0.3 is 0 Å². The van der Waals surface area contributed by atoms with E-state index in [9.17, 15) is 0 Å². The fourth-order valence-electron chi connectivity index (χ4n) is 2.37. The fourth-order valence-corrected chi connectivity index (χ4v) is 2.84. The van der Waals surface area contributed by atoms with Crippen LogP contribution in [0.2, 0.25) is 0 Å². The maximum atomic E-state index is 5.40. The second kappa shape index (κ2) is 4.70. The number of para-hydroxylation sites is 1. The second-order valence-corrected chi connectivity index (χ2v) is 5.14. The minimum absolute atomic E-state index is 0.503. The molecule has 0 unspecified atom stereocenters. The van der Waals surface area contributed by atoms with Crippen LogP contribution < -0.4 is 0 Å². The van der Waals surface area contributed by atoms with Crippen LogP contribution in [0.1, 0.15) is 24.5 Å². The van der Waals surface area contributed by atoms with Crippen molar-refractivity contribution in [3.63, 3.8) is 0 Å². The SMILES string of the molecule is Brc1cccc2c(C3CCOCC3)ncnc12. The molecular weight excluding hydrogens is 280 g/mol. The quantitative estimate of drug-likeness (QED) is 0.809. The molecule has 88 valence electrons. The number of hydrogen-bond donors (Lipinski definition) is 0. The first kappa shape index (κ1) is 11.1. The lowest BCUT2D eigenvalue weighted by Crippen LogP contribution is -2.15. The van der Waals surface area contributed by atoms with Crippen molar-refractivity contribution >= 4 is 26.8 Å². The molecule has 0 saturated carbocycles. The molecular formula is C13H13BrN2O. The van der Waals surface area contributed by atoms with Crippen LogP contribution in [-0.2, 0) is 4.74 Å². The van der Waals surface area contributed by atoms with E-state index >= 15 is 0 Å². The van der Waals surface area contributed by atoms with Crippen molar-refractivity contribution in [1.29, 1.82) is 0 Å². The van der Waals surface area contributed by atoms with Crippen LogP contribution >= 0.6 is 15.9 Å². The Balaban J connectivity index is 2.12. The van der Waals surface area contributed by atoms with Gasteiger partial charge in [0.1, 0.15) is 6.33 Å². The molecule has 3 nitrogen and oxygen atoms in total. The summed E-state index contributed by atoms with van der Waals surface area (Å²) in [7, 11) is 0. The summed E-state index contributed by atoms with van der Waals surface area (Å²) in [6.45, 7) is 1.67. The second-order valence-electron chi connectivity index (χ2n) is 4.28. The lowest BCUT2D eigenvalue weighted by molar-refractivity contribution is 0.0848. The van der Waals surface area contributed by atoms with E-state index in [1.807, 2.05) is 12.1 Å². The Kier molecular flexibility index (Phi) is 3.07. The van der Waals surface area contributed by atoms with Crippen molar-refractivity contribution in [3.05, 3.63) is 34.7 Å². The topological polar surface area (TPSA) is 35.0 Å². The van der Waals surface area contributed by atoms with Crippen LogP contribution in [0, 0.1) is 0 Å². The fraction of sp³-hybridized carbons (Fsp3) is 0.385. The Morgan fingerprint density at radius 2 is 2.00 bits per heavy atom. The molecule has 1 saturated heterocycles. The van der Waals surface area contributed by atoms with Gasteiger partial charge in [0.05, 0.1) is 11.2 Å². The molecule has 1 aromatic heterocycles. The minimum Gasteiger partial charge on any atom is -0.381 e. The minimum atomic E-state index is 0.503. The first-order valence-electron chi connectivity index (χ1n) is 5.83. The van der Waals surface area contributed by atoms with E-state index in [1.165, 1.54) is 5.69 Å². The van der Waals surface area contributed by atoms with Crippen molar-refractivity contribution < 1.29 is 4.74 Å². The summed E-state index contributed by atoms with van der Waals surface area (Å²) in [5.74, 6) is 0.503. The van der Waals surface area contributed by atoms with Crippen molar-refractivity contribution in [2.24, 2.45) is 0 Å². The molecule has 1 fully saturated rings. The molecule has 2 heterocycles. The Morgan fingerprint density at radius 1 is 1.18 bits per heavy atom. The van der Waals surface area contributed by atoms with Gasteiger partial charge in [-0.15, -0.1) is 0 Å². The third-order valence-electron chi connectivity index (χ3n) is 3.25. The molecule has 2 aromatic rings. The number of ether oxygens (including phenoxy) is 1. The third-order valence-corrected chi connectivity index (χ3v) is 3.89. The molecule has 0 bridgehead atoms. The summed E-state index contributed by atoms with van der Waals surface area (Å²) < 4.78 is 6.44. The first-order chi connectivity index (χ1) is 8.36. The van der Waals surface area contributed by atoms with E-state index < -0.39 is 0 Å². The highest BCUT2D eigenvalue weighted by molar-refractivity contribution is 9.10.